The van der Waals surface area contributed by atoms with Crippen molar-refractivity contribution in [3.8, 4) is 0 Å². The molecule has 0 aromatic rings. The molecule has 1 aliphatic carbocycles. The van der Waals surface area contributed by atoms with E-state index in [4.69, 9.17) is 5.73 Å². The van der Waals surface area contributed by atoms with Crippen molar-refractivity contribution in [2.75, 3.05) is 6.54 Å². The van der Waals surface area contributed by atoms with Crippen LogP contribution in [0.25, 0.3) is 0 Å². The van der Waals surface area contributed by atoms with E-state index in [0.29, 0.717) is 12.5 Å². The minimum Gasteiger partial charge on any atom is -0.391 e. The first kappa shape index (κ1) is 11.0. The highest BCUT2D eigenvalue weighted by Crippen LogP contribution is 2.40. The predicted octanol–water partition coefficient (Wildman–Crippen LogP) is 1.91. The summed E-state index contributed by atoms with van der Waals surface area (Å²) in [4.78, 5) is 0. The van der Waals surface area contributed by atoms with Crippen LogP contribution in [0.4, 0.5) is 0 Å². The van der Waals surface area contributed by atoms with E-state index in [9.17, 15) is 5.11 Å². The molecule has 0 amide bonds. The molecule has 0 aliphatic heterocycles. The fraction of sp³-hybridized carbons (Fsp3) is 1.00. The van der Waals surface area contributed by atoms with Gasteiger partial charge in [-0.2, -0.15) is 0 Å². The molecule has 1 fully saturated rings. The van der Waals surface area contributed by atoms with Crippen molar-refractivity contribution in [3.05, 3.63) is 0 Å². The van der Waals surface area contributed by atoms with Gasteiger partial charge in [0.2, 0.25) is 0 Å². The Morgan fingerprint density at radius 2 is 1.85 bits per heavy atom. The van der Waals surface area contributed by atoms with E-state index in [2.05, 4.69) is 13.8 Å². The van der Waals surface area contributed by atoms with E-state index >= 15 is 0 Å². The molecule has 3 N–H and O–H groups in total. The van der Waals surface area contributed by atoms with Gasteiger partial charge in [0.05, 0.1) is 6.10 Å². The summed E-state index contributed by atoms with van der Waals surface area (Å²) in [7, 11) is 0. The van der Waals surface area contributed by atoms with Crippen LogP contribution in [-0.2, 0) is 0 Å². The van der Waals surface area contributed by atoms with Gasteiger partial charge in [0.1, 0.15) is 0 Å². The Balaban J connectivity index is 2.55. The summed E-state index contributed by atoms with van der Waals surface area (Å²) in [6.45, 7) is 4.70. The summed E-state index contributed by atoms with van der Waals surface area (Å²) < 4.78 is 0. The molecular weight excluding hydrogens is 162 g/mol. The average Bonchev–Trinajstić information content (AvgIpc) is 2.18. The normalized spacial score (nSPS) is 23.1. The number of hydrogen-bond acceptors (Lipinski definition) is 2. The lowest BCUT2D eigenvalue weighted by molar-refractivity contribution is -0.000675. The van der Waals surface area contributed by atoms with Crippen LogP contribution in [-0.4, -0.2) is 17.8 Å². The quantitative estimate of drug-likeness (QED) is 0.705. The van der Waals surface area contributed by atoms with Crippen LogP contribution in [0.3, 0.4) is 0 Å². The largest absolute Gasteiger partial charge is 0.391 e. The molecule has 13 heavy (non-hydrogen) atoms. The van der Waals surface area contributed by atoms with E-state index in [1.807, 2.05) is 0 Å². The van der Waals surface area contributed by atoms with Crippen molar-refractivity contribution < 1.29 is 5.11 Å². The van der Waals surface area contributed by atoms with Crippen LogP contribution in [0.15, 0.2) is 0 Å². The third-order valence-electron chi connectivity index (χ3n) is 3.74. The van der Waals surface area contributed by atoms with Crippen molar-refractivity contribution in [3.63, 3.8) is 0 Å². The number of nitrogens with two attached hydrogens (primary N) is 1. The molecule has 0 heterocycles. The van der Waals surface area contributed by atoms with Crippen molar-refractivity contribution in [2.45, 2.75) is 52.1 Å². The second-order valence-electron chi connectivity index (χ2n) is 4.91. The van der Waals surface area contributed by atoms with Crippen LogP contribution in [0, 0.1) is 11.3 Å². The summed E-state index contributed by atoms with van der Waals surface area (Å²) in [6, 6.07) is 0. The summed E-state index contributed by atoms with van der Waals surface area (Å²) in [5, 5.41) is 9.81. The second kappa shape index (κ2) is 4.43. The van der Waals surface area contributed by atoms with Gasteiger partial charge in [-0.15, -0.1) is 0 Å². The molecule has 0 aromatic heterocycles. The molecule has 1 saturated carbocycles. The SMILES string of the molecule is CC(C)(C(O)CN)C1CCCCC1. The van der Waals surface area contributed by atoms with E-state index in [0.717, 1.165) is 0 Å². The zero-order valence-corrected chi connectivity index (χ0v) is 8.92. The lowest BCUT2D eigenvalue weighted by Gasteiger charge is -2.40. The predicted molar refractivity (Wildman–Crippen MR) is 55.4 cm³/mol. The van der Waals surface area contributed by atoms with Gasteiger partial charge in [-0.3, -0.25) is 0 Å². The molecule has 0 radical (unpaired) electrons. The molecule has 78 valence electrons. The topological polar surface area (TPSA) is 46.2 Å². The highest BCUT2D eigenvalue weighted by atomic mass is 16.3. The van der Waals surface area contributed by atoms with Crippen LogP contribution >= 0.6 is 0 Å². The monoisotopic (exact) mass is 185 g/mol. The lowest BCUT2D eigenvalue weighted by Crippen LogP contribution is -2.42. The fourth-order valence-corrected chi connectivity index (χ4v) is 2.42. The van der Waals surface area contributed by atoms with Gasteiger partial charge in [-0.05, 0) is 24.2 Å². The molecule has 2 heteroatoms. The van der Waals surface area contributed by atoms with E-state index in [1.54, 1.807) is 0 Å². The third kappa shape index (κ3) is 2.44. The maximum absolute atomic E-state index is 9.81. The molecule has 1 aliphatic rings. The van der Waals surface area contributed by atoms with Crippen molar-refractivity contribution >= 4 is 0 Å². The molecule has 0 bridgehead atoms. The zero-order valence-electron chi connectivity index (χ0n) is 8.92. The molecular formula is C11H23NO. The molecule has 1 rings (SSSR count). The summed E-state index contributed by atoms with van der Waals surface area (Å²) in [5.74, 6) is 0.666. The van der Waals surface area contributed by atoms with E-state index in [-0.39, 0.29) is 11.5 Å². The summed E-state index contributed by atoms with van der Waals surface area (Å²) >= 11 is 0. The minimum atomic E-state index is -0.337. The molecule has 0 saturated heterocycles. The minimum absolute atomic E-state index is 0.00910. The van der Waals surface area contributed by atoms with Crippen molar-refractivity contribution in [2.24, 2.45) is 17.1 Å². The smallest absolute Gasteiger partial charge is 0.0715 e. The highest BCUT2D eigenvalue weighted by Gasteiger charge is 2.35. The van der Waals surface area contributed by atoms with Gasteiger partial charge in [0.15, 0.2) is 0 Å². The van der Waals surface area contributed by atoms with Gasteiger partial charge in [0, 0.05) is 6.54 Å². The number of hydrogen-bond donors (Lipinski definition) is 2. The Kier molecular flexibility index (Phi) is 3.74. The molecule has 2 nitrogen and oxygen atoms in total. The van der Waals surface area contributed by atoms with E-state index in [1.165, 1.54) is 32.1 Å². The lowest BCUT2D eigenvalue weighted by atomic mass is 9.68. The number of aliphatic hydroxyl groups excluding tert-OH is 1. The second-order valence-corrected chi connectivity index (χ2v) is 4.91. The summed E-state index contributed by atoms with van der Waals surface area (Å²) in [6.07, 6.45) is 6.21. The van der Waals surface area contributed by atoms with Gasteiger partial charge in [-0.1, -0.05) is 33.1 Å². The van der Waals surface area contributed by atoms with Gasteiger partial charge in [0.25, 0.3) is 0 Å². The molecule has 0 spiro atoms. The average molecular weight is 185 g/mol. The first-order valence-corrected chi connectivity index (χ1v) is 5.47. The summed E-state index contributed by atoms with van der Waals surface area (Å²) in [5.41, 5.74) is 5.52. The maximum atomic E-state index is 9.81. The van der Waals surface area contributed by atoms with Crippen LogP contribution in [0.2, 0.25) is 0 Å². The third-order valence-corrected chi connectivity index (χ3v) is 3.74. The Morgan fingerprint density at radius 1 is 1.31 bits per heavy atom. The van der Waals surface area contributed by atoms with Crippen LogP contribution < -0.4 is 5.73 Å². The fourth-order valence-electron chi connectivity index (χ4n) is 2.42. The van der Waals surface area contributed by atoms with Crippen molar-refractivity contribution in [1.29, 1.82) is 0 Å². The Morgan fingerprint density at radius 3 is 2.31 bits per heavy atom. The van der Waals surface area contributed by atoms with Crippen LogP contribution in [0.5, 0.6) is 0 Å². The first-order valence-electron chi connectivity index (χ1n) is 5.47. The van der Waals surface area contributed by atoms with Crippen LogP contribution in [0.1, 0.15) is 46.0 Å². The zero-order chi connectivity index (χ0) is 9.90. The maximum Gasteiger partial charge on any atom is 0.0715 e. The molecule has 0 aromatic carbocycles. The highest BCUT2D eigenvalue weighted by molar-refractivity contribution is 4.86. The Hall–Kier alpha value is -0.0800. The standard InChI is InChI=1S/C11H23NO/c1-11(2,10(13)8-12)9-6-4-3-5-7-9/h9-10,13H,3-8,12H2,1-2H3. The number of rotatable bonds is 3. The van der Waals surface area contributed by atoms with Gasteiger partial charge < -0.3 is 10.8 Å². The van der Waals surface area contributed by atoms with Gasteiger partial charge >= 0.3 is 0 Å². The molecule has 1 unspecified atom stereocenters. The Labute approximate surface area is 81.5 Å². The van der Waals surface area contributed by atoms with Crippen molar-refractivity contribution in [1.82, 2.24) is 0 Å². The number of aliphatic hydroxyl groups is 1. The van der Waals surface area contributed by atoms with E-state index < -0.39 is 0 Å². The molecule has 1 atom stereocenters. The first-order chi connectivity index (χ1) is 6.09. The van der Waals surface area contributed by atoms with Gasteiger partial charge in [-0.25, -0.2) is 0 Å². The Bertz CT molecular complexity index is 150.